The molecule has 1 heterocycles. The molecule has 0 radical (unpaired) electrons. The van der Waals surface area contributed by atoms with Crippen LogP contribution in [0.3, 0.4) is 0 Å². The lowest BCUT2D eigenvalue weighted by molar-refractivity contribution is -0.383. The molecule has 0 aliphatic heterocycles. The number of aromatic nitrogens is 2. The van der Waals surface area contributed by atoms with Crippen molar-refractivity contribution in [3.63, 3.8) is 0 Å². The first kappa shape index (κ1) is 14.1. The number of hydrazine groups is 1. The largest absolute Gasteiger partial charge is 0.354 e. The molecule has 100 valence electrons. The van der Waals surface area contributed by atoms with Crippen LogP contribution in [-0.4, -0.2) is 27.5 Å². The third kappa shape index (κ3) is 2.83. The number of nitrogen functional groups attached to an aromatic ring is 1. The first-order chi connectivity index (χ1) is 8.52. The summed E-state index contributed by atoms with van der Waals surface area (Å²) in [5.74, 6) is 5.56. The van der Waals surface area contributed by atoms with Gasteiger partial charge in [-0.2, -0.15) is 0 Å². The summed E-state index contributed by atoms with van der Waals surface area (Å²) in [6.07, 6.45) is 2.13. The van der Waals surface area contributed by atoms with E-state index in [0.29, 0.717) is 12.4 Å². The van der Waals surface area contributed by atoms with Crippen molar-refractivity contribution in [2.45, 2.75) is 33.2 Å². The van der Waals surface area contributed by atoms with Gasteiger partial charge < -0.3 is 10.3 Å². The normalized spacial score (nSPS) is 10.5. The predicted molar refractivity (Wildman–Crippen MR) is 69.3 cm³/mol. The van der Waals surface area contributed by atoms with Gasteiger partial charge in [-0.15, -0.1) is 0 Å². The lowest BCUT2D eigenvalue weighted by Gasteiger charge is -2.27. The summed E-state index contributed by atoms with van der Waals surface area (Å²) in [4.78, 5) is 20.3. The summed E-state index contributed by atoms with van der Waals surface area (Å²) in [6.45, 7) is 6.60. The molecule has 0 aromatic carbocycles. The zero-order valence-corrected chi connectivity index (χ0v) is 10.8. The van der Waals surface area contributed by atoms with Gasteiger partial charge in [0.25, 0.3) is 0 Å². The van der Waals surface area contributed by atoms with E-state index in [0.717, 1.165) is 6.42 Å². The minimum atomic E-state index is -0.518. The van der Waals surface area contributed by atoms with Crippen LogP contribution in [0.5, 0.6) is 0 Å². The Labute approximate surface area is 105 Å². The van der Waals surface area contributed by atoms with Crippen molar-refractivity contribution in [2.75, 3.05) is 16.9 Å². The molecule has 0 spiro atoms. The monoisotopic (exact) mass is 254 g/mol. The smallest absolute Gasteiger partial charge is 0.348 e. The molecule has 3 N–H and O–H groups in total. The highest BCUT2D eigenvalue weighted by molar-refractivity contribution is 5.70. The molecular weight excluding hydrogens is 236 g/mol. The lowest BCUT2D eigenvalue weighted by Crippen LogP contribution is -2.33. The highest BCUT2D eigenvalue weighted by Gasteiger charge is 2.27. The van der Waals surface area contributed by atoms with E-state index in [9.17, 15) is 10.1 Å². The second-order valence-corrected chi connectivity index (χ2v) is 4.08. The number of hydrogen-bond acceptors (Lipinski definition) is 7. The van der Waals surface area contributed by atoms with Gasteiger partial charge in [-0.25, -0.2) is 15.8 Å². The maximum Gasteiger partial charge on any atom is 0.354 e. The Kier molecular flexibility index (Phi) is 4.78. The second-order valence-electron chi connectivity index (χ2n) is 4.08. The maximum atomic E-state index is 11.1. The van der Waals surface area contributed by atoms with Crippen LogP contribution in [0.25, 0.3) is 0 Å². The van der Waals surface area contributed by atoms with E-state index in [4.69, 9.17) is 5.84 Å². The average molecular weight is 254 g/mol. The van der Waals surface area contributed by atoms with Gasteiger partial charge in [-0.3, -0.25) is 10.1 Å². The van der Waals surface area contributed by atoms with Crippen LogP contribution in [0, 0.1) is 10.1 Å². The van der Waals surface area contributed by atoms with E-state index >= 15 is 0 Å². The molecule has 1 aromatic heterocycles. The van der Waals surface area contributed by atoms with Gasteiger partial charge in [0.15, 0.2) is 0 Å². The van der Waals surface area contributed by atoms with Gasteiger partial charge in [0.2, 0.25) is 11.6 Å². The molecule has 0 atom stereocenters. The van der Waals surface area contributed by atoms with Crippen molar-refractivity contribution in [1.82, 2.24) is 9.97 Å². The van der Waals surface area contributed by atoms with Crippen LogP contribution in [-0.2, 0) is 0 Å². The molecule has 1 aromatic rings. The molecule has 8 heteroatoms. The molecule has 0 aliphatic carbocycles. The summed E-state index contributed by atoms with van der Waals surface area (Å²) in [5, 5.41) is 11.1. The molecule has 1 rings (SSSR count). The summed E-state index contributed by atoms with van der Waals surface area (Å²) in [7, 11) is 0. The summed E-state index contributed by atoms with van der Waals surface area (Å²) in [5.41, 5.74) is 2.04. The fraction of sp³-hybridized carbons (Fsp3) is 0.600. The molecule has 18 heavy (non-hydrogen) atoms. The van der Waals surface area contributed by atoms with Gasteiger partial charge >= 0.3 is 5.69 Å². The number of nitrogens with one attached hydrogen (secondary N) is 1. The number of anilines is 2. The van der Waals surface area contributed by atoms with Crippen LogP contribution < -0.4 is 16.2 Å². The summed E-state index contributed by atoms with van der Waals surface area (Å²) in [6, 6.07) is 0.101. The fourth-order valence-corrected chi connectivity index (χ4v) is 1.70. The molecule has 0 aliphatic rings. The Morgan fingerprint density at radius 1 is 1.56 bits per heavy atom. The van der Waals surface area contributed by atoms with Crippen molar-refractivity contribution < 1.29 is 4.92 Å². The van der Waals surface area contributed by atoms with E-state index in [1.54, 1.807) is 0 Å². The topological polar surface area (TPSA) is 110 Å². The maximum absolute atomic E-state index is 11.1. The van der Waals surface area contributed by atoms with Gasteiger partial charge in [-0.05, 0) is 20.3 Å². The molecule has 0 bridgehead atoms. The minimum absolute atomic E-state index is 0.0201. The molecule has 0 unspecified atom stereocenters. The Hall–Kier alpha value is -1.96. The van der Waals surface area contributed by atoms with Gasteiger partial charge in [0.1, 0.15) is 6.33 Å². The van der Waals surface area contributed by atoms with Crippen LogP contribution in [0.1, 0.15) is 27.2 Å². The zero-order valence-electron chi connectivity index (χ0n) is 10.8. The zero-order chi connectivity index (χ0) is 13.7. The quantitative estimate of drug-likeness (QED) is 0.447. The van der Waals surface area contributed by atoms with E-state index in [2.05, 4.69) is 15.4 Å². The molecule has 0 amide bonds. The first-order valence-corrected chi connectivity index (χ1v) is 5.75. The molecule has 0 fully saturated rings. The van der Waals surface area contributed by atoms with Crippen molar-refractivity contribution in [2.24, 2.45) is 5.84 Å². The third-order valence-corrected chi connectivity index (χ3v) is 2.48. The number of hydrogen-bond donors (Lipinski definition) is 2. The van der Waals surface area contributed by atoms with E-state index in [1.165, 1.54) is 6.33 Å². The summed E-state index contributed by atoms with van der Waals surface area (Å²) < 4.78 is 0. The molecule has 8 nitrogen and oxygen atoms in total. The van der Waals surface area contributed by atoms with Crippen molar-refractivity contribution >= 4 is 17.3 Å². The van der Waals surface area contributed by atoms with Crippen molar-refractivity contribution in [3.8, 4) is 0 Å². The first-order valence-electron chi connectivity index (χ1n) is 5.75. The fourth-order valence-electron chi connectivity index (χ4n) is 1.70. The molecule has 0 saturated heterocycles. The van der Waals surface area contributed by atoms with E-state index < -0.39 is 4.92 Å². The Balaban J connectivity index is 3.32. The van der Waals surface area contributed by atoms with Crippen LogP contribution >= 0.6 is 0 Å². The van der Waals surface area contributed by atoms with Gasteiger partial charge in [0.05, 0.1) is 4.92 Å². The van der Waals surface area contributed by atoms with Crippen molar-refractivity contribution in [1.29, 1.82) is 0 Å². The van der Waals surface area contributed by atoms with Crippen LogP contribution in [0.4, 0.5) is 17.3 Å². The van der Waals surface area contributed by atoms with E-state index in [1.807, 2.05) is 25.7 Å². The van der Waals surface area contributed by atoms with Gasteiger partial charge in [-0.1, -0.05) is 6.92 Å². The Bertz CT molecular complexity index is 423. The number of nitrogens with zero attached hydrogens (tertiary/aromatic N) is 4. The summed E-state index contributed by atoms with van der Waals surface area (Å²) >= 11 is 0. The van der Waals surface area contributed by atoms with E-state index in [-0.39, 0.29) is 17.5 Å². The van der Waals surface area contributed by atoms with Crippen molar-refractivity contribution in [3.05, 3.63) is 16.4 Å². The highest BCUT2D eigenvalue weighted by Crippen LogP contribution is 2.32. The predicted octanol–water partition coefficient (Wildman–Crippen LogP) is 1.30. The van der Waals surface area contributed by atoms with Crippen LogP contribution in [0.2, 0.25) is 0 Å². The molecule has 0 saturated carbocycles. The Morgan fingerprint density at radius 3 is 2.67 bits per heavy atom. The lowest BCUT2D eigenvalue weighted by atomic mass is 10.2. The highest BCUT2D eigenvalue weighted by atomic mass is 16.6. The van der Waals surface area contributed by atoms with Gasteiger partial charge in [0, 0.05) is 12.6 Å². The standard InChI is InChI=1S/C10H18N6O2/c1-4-5-15(7(2)3)10-8(16(17)18)9(14-11)12-6-13-10/h6-7H,4-5,11H2,1-3H3,(H,12,13,14). The number of nitrogens with two attached hydrogens (primary N) is 1. The number of nitro groups is 1. The molecular formula is C10H18N6O2. The number of rotatable bonds is 6. The SMILES string of the molecule is CCCN(c1ncnc(NN)c1[N+](=O)[O-])C(C)C. The second kappa shape index (κ2) is 6.10. The van der Waals surface area contributed by atoms with Crippen LogP contribution in [0.15, 0.2) is 6.33 Å². The Morgan fingerprint density at radius 2 is 2.22 bits per heavy atom. The minimum Gasteiger partial charge on any atom is -0.348 e. The average Bonchev–Trinajstić information content (AvgIpc) is 2.34. The third-order valence-electron chi connectivity index (χ3n) is 2.48.